The van der Waals surface area contributed by atoms with Crippen LogP contribution in [0.4, 0.5) is 5.82 Å². The zero-order chi connectivity index (χ0) is 16.8. The molecular weight excluding hydrogens is 308 g/mol. The lowest BCUT2D eigenvalue weighted by molar-refractivity contribution is -0.139. The van der Waals surface area contributed by atoms with Gasteiger partial charge < -0.3 is 9.84 Å². The summed E-state index contributed by atoms with van der Waals surface area (Å²) >= 11 is 0. The summed E-state index contributed by atoms with van der Waals surface area (Å²) in [6.07, 6.45) is 3.01. The van der Waals surface area contributed by atoms with Crippen molar-refractivity contribution < 1.29 is 14.6 Å². The average Bonchev–Trinajstić information content (AvgIpc) is 2.61. The molecule has 1 aromatic heterocycles. The van der Waals surface area contributed by atoms with Crippen molar-refractivity contribution >= 4 is 28.9 Å². The predicted molar refractivity (Wildman–Crippen MR) is 90.3 cm³/mol. The number of carbonyl (C=O) groups is 1. The Morgan fingerprint density at radius 1 is 1.17 bits per heavy atom. The number of ether oxygens (including phenoxy) is 1. The SMILES string of the molecule is O=C(O)COc1ccccc1/C=N/Nc1ncnc2ccccc12. The molecule has 0 amide bonds. The van der Waals surface area contributed by atoms with Gasteiger partial charge in [-0.1, -0.05) is 24.3 Å². The van der Waals surface area contributed by atoms with Gasteiger partial charge in [0, 0.05) is 10.9 Å². The fourth-order valence-corrected chi connectivity index (χ4v) is 2.11. The molecule has 24 heavy (non-hydrogen) atoms. The average molecular weight is 322 g/mol. The van der Waals surface area contributed by atoms with E-state index in [2.05, 4.69) is 20.5 Å². The second-order valence-corrected chi connectivity index (χ2v) is 4.83. The molecule has 3 rings (SSSR count). The first kappa shape index (κ1) is 15.4. The lowest BCUT2D eigenvalue weighted by atomic mass is 10.2. The quantitative estimate of drug-likeness (QED) is 0.535. The Morgan fingerprint density at radius 3 is 2.83 bits per heavy atom. The van der Waals surface area contributed by atoms with Gasteiger partial charge in [0.25, 0.3) is 0 Å². The highest BCUT2D eigenvalue weighted by Gasteiger charge is 2.04. The summed E-state index contributed by atoms with van der Waals surface area (Å²) in [7, 11) is 0. The summed E-state index contributed by atoms with van der Waals surface area (Å²) in [5.41, 5.74) is 4.35. The minimum Gasteiger partial charge on any atom is -0.481 e. The highest BCUT2D eigenvalue weighted by atomic mass is 16.5. The number of aromatic nitrogens is 2. The van der Waals surface area contributed by atoms with Crippen LogP contribution in [0, 0.1) is 0 Å². The van der Waals surface area contributed by atoms with Crippen molar-refractivity contribution in [3.63, 3.8) is 0 Å². The van der Waals surface area contributed by atoms with Crippen molar-refractivity contribution in [2.75, 3.05) is 12.0 Å². The van der Waals surface area contributed by atoms with Gasteiger partial charge in [0.1, 0.15) is 12.1 Å². The van der Waals surface area contributed by atoms with Crippen molar-refractivity contribution in [3.8, 4) is 5.75 Å². The first-order valence-corrected chi connectivity index (χ1v) is 7.16. The van der Waals surface area contributed by atoms with Gasteiger partial charge >= 0.3 is 5.97 Å². The smallest absolute Gasteiger partial charge is 0.341 e. The molecule has 7 nitrogen and oxygen atoms in total. The standard InChI is InChI=1S/C17H14N4O3/c22-16(23)10-24-15-8-4-1-5-12(15)9-20-21-17-13-6-2-3-7-14(13)18-11-19-17/h1-9,11H,10H2,(H,22,23)(H,18,19,21)/b20-9+. The maximum atomic E-state index is 10.6. The van der Waals surface area contributed by atoms with E-state index in [1.54, 1.807) is 24.4 Å². The molecule has 2 aromatic carbocycles. The van der Waals surface area contributed by atoms with E-state index < -0.39 is 12.6 Å². The molecule has 0 bridgehead atoms. The van der Waals surface area contributed by atoms with E-state index >= 15 is 0 Å². The summed E-state index contributed by atoms with van der Waals surface area (Å²) in [5.74, 6) is -0.00824. The first-order valence-electron chi connectivity index (χ1n) is 7.16. The topological polar surface area (TPSA) is 96.7 Å². The number of para-hydroxylation sites is 2. The number of anilines is 1. The largest absolute Gasteiger partial charge is 0.481 e. The van der Waals surface area contributed by atoms with Crippen LogP contribution in [-0.2, 0) is 4.79 Å². The predicted octanol–water partition coefficient (Wildman–Crippen LogP) is 2.54. The Bertz CT molecular complexity index is 890. The third-order valence-corrected chi connectivity index (χ3v) is 3.19. The van der Waals surface area contributed by atoms with Crippen LogP contribution in [-0.4, -0.2) is 33.9 Å². The summed E-state index contributed by atoms with van der Waals surface area (Å²) in [6, 6.07) is 14.6. The lowest BCUT2D eigenvalue weighted by Crippen LogP contribution is -2.10. The third kappa shape index (κ3) is 3.64. The molecule has 0 atom stereocenters. The molecule has 0 spiro atoms. The van der Waals surface area contributed by atoms with E-state index in [-0.39, 0.29) is 0 Å². The van der Waals surface area contributed by atoms with Gasteiger partial charge in [-0.05, 0) is 24.3 Å². The molecule has 0 aliphatic rings. The first-order chi connectivity index (χ1) is 11.7. The zero-order valence-electron chi connectivity index (χ0n) is 12.6. The number of nitrogens with zero attached hydrogens (tertiary/aromatic N) is 3. The molecule has 7 heteroatoms. The van der Waals surface area contributed by atoms with E-state index in [0.29, 0.717) is 17.1 Å². The van der Waals surface area contributed by atoms with Gasteiger partial charge in [-0.15, -0.1) is 0 Å². The van der Waals surface area contributed by atoms with Gasteiger partial charge in [-0.25, -0.2) is 14.8 Å². The van der Waals surface area contributed by atoms with Crippen LogP contribution in [0.2, 0.25) is 0 Å². The van der Waals surface area contributed by atoms with Crippen LogP contribution in [0.25, 0.3) is 10.9 Å². The Hall–Kier alpha value is -3.48. The van der Waals surface area contributed by atoms with E-state index in [1.807, 2.05) is 30.3 Å². The van der Waals surface area contributed by atoms with Crippen molar-refractivity contribution in [3.05, 3.63) is 60.4 Å². The Kier molecular flexibility index (Phi) is 4.62. The minimum absolute atomic E-state index is 0.408. The van der Waals surface area contributed by atoms with Crippen LogP contribution in [0.3, 0.4) is 0 Å². The summed E-state index contributed by atoms with van der Waals surface area (Å²) < 4.78 is 5.23. The number of hydrazone groups is 1. The van der Waals surface area contributed by atoms with Gasteiger partial charge in [-0.2, -0.15) is 5.10 Å². The van der Waals surface area contributed by atoms with Crippen LogP contribution in [0.1, 0.15) is 5.56 Å². The van der Waals surface area contributed by atoms with Crippen molar-refractivity contribution in [1.82, 2.24) is 9.97 Å². The number of benzene rings is 2. The fraction of sp³-hybridized carbons (Fsp3) is 0.0588. The normalized spacial score (nSPS) is 10.8. The van der Waals surface area contributed by atoms with Crippen LogP contribution in [0.15, 0.2) is 60.0 Å². The van der Waals surface area contributed by atoms with Crippen molar-refractivity contribution in [2.24, 2.45) is 5.10 Å². The van der Waals surface area contributed by atoms with Crippen LogP contribution in [0.5, 0.6) is 5.75 Å². The molecule has 0 aliphatic carbocycles. The highest BCUT2D eigenvalue weighted by Crippen LogP contribution is 2.19. The third-order valence-electron chi connectivity index (χ3n) is 3.19. The summed E-state index contributed by atoms with van der Waals surface area (Å²) in [6.45, 7) is -0.408. The summed E-state index contributed by atoms with van der Waals surface area (Å²) in [5, 5.41) is 13.7. The van der Waals surface area contributed by atoms with Crippen LogP contribution < -0.4 is 10.2 Å². The van der Waals surface area contributed by atoms with Gasteiger partial charge in [0.15, 0.2) is 12.4 Å². The number of nitrogens with one attached hydrogen (secondary N) is 1. The van der Waals surface area contributed by atoms with E-state index in [9.17, 15) is 4.79 Å². The zero-order valence-corrected chi connectivity index (χ0v) is 12.6. The van der Waals surface area contributed by atoms with E-state index in [1.165, 1.54) is 6.33 Å². The highest BCUT2D eigenvalue weighted by molar-refractivity contribution is 5.89. The monoisotopic (exact) mass is 322 g/mol. The number of fused-ring (bicyclic) bond motifs is 1. The number of carboxylic acids is 1. The number of hydrogen-bond acceptors (Lipinski definition) is 6. The van der Waals surface area contributed by atoms with Gasteiger partial charge in [0.2, 0.25) is 0 Å². The molecule has 0 fully saturated rings. The Balaban J connectivity index is 1.78. The maximum Gasteiger partial charge on any atom is 0.341 e. The van der Waals surface area contributed by atoms with Crippen LogP contribution >= 0.6 is 0 Å². The number of aliphatic carboxylic acids is 1. The lowest BCUT2D eigenvalue weighted by Gasteiger charge is -2.06. The number of rotatable bonds is 6. The molecule has 0 saturated heterocycles. The Labute approximate surface area is 137 Å². The molecule has 1 heterocycles. The molecule has 0 unspecified atom stereocenters. The van der Waals surface area contributed by atoms with E-state index in [4.69, 9.17) is 9.84 Å². The second-order valence-electron chi connectivity index (χ2n) is 4.83. The van der Waals surface area contributed by atoms with Gasteiger partial charge in [-0.3, -0.25) is 5.43 Å². The molecule has 0 saturated carbocycles. The summed E-state index contributed by atoms with van der Waals surface area (Å²) in [4.78, 5) is 19.0. The molecule has 3 aromatic rings. The molecule has 120 valence electrons. The van der Waals surface area contributed by atoms with Crippen molar-refractivity contribution in [2.45, 2.75) is 0 Å². The molecular formula is C17H14N4O3. The molecule has 2 N–H and O–H groups in total. The molecule has 0 radical (unpaired) electrons. The van der Waals surface area contributed by atoms with Gasteiger partial charge in [0.05, 0.1) is 11.7 Å². The van der Waals surface area contributed by atoms with E-state index in [0.717, 1.165) is 10.9 Å². The number of carboxylic acid groups (broad SMARTS) is 1. The Morgan fingerprint density at radius 2 is 1.96 bits per heavy atom. The fourth-order valence-electron chi connectivity index (χ4n) is 2.11. The van der Waals surface area contributed by atoms with Crippen molar-refractivity contribution in [1.29, 1.82) is 0 Å². The minimum atomic E-state index is -1.03. The second kappa shape index (κ2) is 7.19. The maximum absolute atomic E-state index is 10.6. The molecule has 0 aliphatic heterocycles. The number of hydrogen-bond donors (Lipinski definition) is 2.